The fourth-order valence-corrected chi connectivity index (χ4v) is 3.97. The summed E-state index contributed by atoms with van der Waals surface area (Å²) in [6.07, 6.45) is -11.5. The van der Waals surface area contributed by atoms with Gasteiger partial charge in [0.25, 0.3) is 0 Å². The Labute approximate surface area is 192 Å². The third-order valence-electron chi connectivity index (χ3n) is 5.90. The second-order valence-corrected chi connectivity index (χ2v) is 7.97. The largest absolute Gasteiger partial charge is 0.394 e. The van der Waals surface area contributed by atoms with E-state index in [9.17, 15) is 45.9 Å². The Kier molecular flexibility index (Phi) is 8.53. The van der Waals surface area contributed by atoms with Crippen molar-refractivity contribution in [3.63, 3.8) is 0 Å². The first-order chi connectivity index (χ1) is 16.1. The summed E-state index contributed by atoms with van der Waals surface area (Å²) in [5.41, 5.74) is 0. The molecule has 0 saturated carbocycles. The lowest BCUT2D eigenvalue weighted by atomic mass is 9.99. The lowest BCUT2D eigenvalue weighted by molar-refractivity contribution is -0.392. The lowest BCUT2D eigenvalue weighted by Gasteiger charge is -2.41. The van der Waals surface area contributed by atoms with Crippen LogP contribution in [0.4, 0.5) is 5.82 Å². The molecule has 0 aromatic carbocycles. The van der Waals surface area contributed by atoms with Crippen molar-refractivity contribution in [2.45, 2.75) is 68.3 Å². The molecule has 194 valence electrons. The molecule has 0 spiro atoms. The zero-order valence-electron chi connectivity index (χ0n) is 18.2. The molecule has 2 aliphatic heterocycles. The van der Waals surface area contributed by atoms with Crippen LogP contribution in [0.15, 0.2) is 6.20 Å². The molecule has 7 N–H and O–H groups in total. The van der Waals surface area contributed by atoms with Crippen molar-refractivity contribution in [3.8, 4) is 0 Å². The highest BCUT2D eigenvalue weighted by Gasteiger charge is 2.58. The summed E-state index contributed by atoms with van der Waals surface area (Å²) in [4.78, 5) is 14.4. The summed E-state index contributed by atoms with van der Waals surface area (Å²) >= 11 is 0. The van der Waals surface area contributed by atoms with Crippen LogP contribution < -0.4 is 0 Å². The van der Waals surface area contributed by atoms with Gasteiger partial charge in [0.2, 0.25) is 5.79 Å². The highest BCUT2D eigenvalue weighted by molar-refractivity contribution is 5.18. The fourth-order valence-electron chi connectivity index (χ4n) is 3.97. The van der Waals surface area contributed by atoms with Crippen LogP contribution in [0.1, 0.15) is 5.82 Å². The second kappa shape index (κ2) is 10.8. The number of ether oxygens (including phenoxy) is 4. The van der Waals surface area contributed by atoms with Crippen LogP contribution >= 0.6 is 0 Å². The molecule has 0 aliphatic carbocycles. The van der Waals surface area contributed by atoms with E-state index in [2.05, 4.69) is 4.98 Å². The molecule has 2 aliphatic rings. The monoisotopic (exact) mass is 495 g/mol. The zero-order valence-corrected chi connectivity index (χ0v) is 18.2. The summed E-state index contributed by atoms with van der Waals surface area (Å²) < 4.78 is 23.1. The van der Waals surface area contributed by atoms with Crippen LogP contribution in [-0.4, -0.2) is 131 Å². The van der Waals surface area contributed by atoms with Crippen molar-refractivity contribution >= 4 is 5.82 Å². The Bertz CT molecular complexity index is 838. The molecule has 16 nitrogen and oxygen atoms in total. The molecule has 2 saturated heterocycles. The average molecular weight is 495 g/mol. The predicted octanol–water partition coefficient (Wildman–Crippen LogP) is -4.26. The molecule has 3 heterocycles. The van der Waals surface area contributed by atoms with E-state index in [1.165, 1.54) is 4.57 Å². The van der Waals surface area contributed by atoms with Crippen LogP contribution in [0.2, 0.25) is 0 Å². The third kappa shape index (κ3) is 4.93. The maximum atomic E-state index is 11.1. The van der Waals surface area contributed by atoms with Crippen molar-refractivity contribution in [1.29, 1.82) is 0 Å². The van der Waals surface area contributed by atoms with E-state index in [1.807, 2.05) is 0 Å². The normalized spacial score (nSPS) is 38.4. The van der Waals surface area contributed by atoms with Gasteiger partial charge in [-0.1, -0.05) is 0 Å². The fraction of sp³-hybridized carbons (Fsp3) is 0.833. The van der Waals surface area contributed by atoms with Gasteiger partial charge < -0.3 is 64.8 Å². The molecular weight excluding hydrogens is 466 g/mol. The minimum Gasteiger partial charge on any atom is -0.394 e. The molecule has 16 heteroatoms. The van der Waals surface area contributed by atoms with E-state index in [1.54, 1.807) is 6.92 Å². The molecule has 9 atom stereocenters. The minimum absolute atomic E-state index is 0.0813. The minimum atomic E-state index is -2.10. The van der Waals surface area contributed by atoms with Crippen molar-refractivity contribution in [3.05, 3.63) is 22.1 Å². The van der Waals surface area contributed by atoms with Crippen LogP contribution in [0.25, 0.3) is 0 Å². The Morgan fingerprint density at radius 2 is 1.82 bits per heavy atom. The summed E-state index contributed by atoms with van der Waals surface area (Å²) in [6.45, 7) is -1.13. The van der Waals surface area contributed by atoms with Crippen molar-refractivity contribution < 1.29 is 59.6 Å². The third-order valence-corrected chi connectivity index (χ3v) is 5.90. The summed E-state index contributed by atoms with van der Waals surface area (Å²) in [5, 5.41) is 80.9. The SMILES string of the molecule is Cc1ncc([N+](=O)[O-])n1CCO[C@]1(CO)O[C@H](CO)C(O[C@@H]2OC(CO)[C@H](O)[C@@H](O)C2O)[C@H]1O. The second-order valence-electron chi connectivity index (χ2n) is 7.97. The number of rotatable bonds is 10. The first kappa shape index (κ1) is 26.8. The Balaban J connectivity index is 1.72. The number of aryl methyl sites for hydroxylation is 1. The number of aromatic nitrogens is 2. The van der Waals surface area contributed by atoms with Gasteiger partial charge >= 0.3 is 5.82 Å². The lowest BCUT2D eigenvalue weighted by Crippen LogP contribution is -2.61. The van der Waals surface area contributed by atoms with E-state index >= 15 is 0 Å². The number of nitrogens with zero attached hydrogens (tertiary/aromatic N) is 3. The number of hydrogen-bond donors (Lipinski definition) is 7. The molecule has 0 radical (unpaired) electrons. The molecule has 2 fully saturated rings. The molecule has 3 unspecified atom stereocenters. The van der Waals surface area contributed by atoms with Gasteiger partial charge in [0.05, 0.1) is 19.8 Å². The Morgan fingerprint density at radius 1 is 1.15 bits per heavy atom. The van der Waals surface area contributed by atoms with Crippen LogP contribution in [0.3, 0.4) is 0 Å². The van der Waals surface area contributed by atoms with Gasteiger partial charge in [-0.15, -0.1) is 0 Å². The van der Waals surface area contributed by atoms with Crippen molar-refractivity contribution in [1.82, 2.24) is 9.55 Å². The number of aliphatic hydroxyl groups excluding tert-OH is 7. The summed E-state index contributed by atoms with van der Waals surface area (Å²) in [6, 6.07) is 0. The first-order valence-corrected chi connectivity index (χ1v) is 10.4. The molecule has 1 aromatic heterocycles. The maximum Gasteiger partial charge on any atom is 0.342 e. The van der Waals surface area contributed by atoms with Gasteiger partial charge in [0.1, 0.15) is 62.1 Å². The van der Waals surface area contributed by atoms with Crippen LogP contribution in [-0.2, 0) is 25.5 Å². The Hall–Kier alpha value is -1.83. The van der Waals surface area contributed by atoms with Crippen molar-refractivity contribution in [2.75, 3.05) is 26.4 Å². The molecular formula is C18H29N3O13. The predicted molar refractivity (Wildman–Crippen MR) is 106 cm³/mol. The Morgan fingerprint density at radius 3 is 2.41 bits per heavy atom. The zero-order chi connectivity index (χ0) is 25.2. The highest BCUT2D eigenvalue weighted by atomic mass is 16.8. The highest BCUT2D eigenvalue weighted by Crippen LogP contribution is 2.36. The van der Waals surface area contributed by atoms with E-state index in [4.69, 9.17) is 18.9 Å². The maximum absolute atomic E-state index is 11.1. The molecule has 0 bridgehead atoms. The number of nitro groups is 1. The quantitative estimate of drug-likeness (QED) is 0.120. The standard InChI is InChI=1S/C18H29N3O13/c1-8-19-4-11(21(29)30)20(8)2-3-31-18(7-24)16(28)15(10(6-23)34-18)33-17-14(27)13(26)12(25)9(5-22)32-17/h4,9-10,12-17,22-28H,2-3,5-7H2,1H3/t9?,10-,12+,13-,14?,15?,16-,17+,18-/m1/s1. The molecule has 34 heavy (non-hydrogen) atoms. The van der Waals surface area contributed by atoms with Gasteiger partial charge in [0.15, 0.2) is 12.1 Å². The van der Waals surface area contributed by atoms with E-state index < -0.39 is 79.5 Å². The van der Waals surface area contributed by atoms with Gasteiger partial charge in [0, 0.05) is 6.92 Å². The first-order valence-electron chi connectivity index (χ1n) is 10.4. The van der Waals surface area contributed by atoms with Crippen LogP contribution in [0.5, 0.6) is 0 Å². The number of imidazole rings is 1. The smallest absolute Gasteiger partial charge is 0.342 e. The molecule has 0 amide bonds. The van der Waals surface area contributed by atoms with Gasteiger partial charge in [-0.2, -0.15) is 0 Å². The summed E-state index contributed by atoms with van der Waals surface area (Å²) in [7, 11) is 0. The summed E-state index contributed by atoms with van der Waals surface area (Å²) in [5.74, 6) is -2.06. The van der Waals surface area contributed by atoms with E-state index in [0.717, 1.165) is 6.20 Å². The average Bonchev–Trinajstić information content (AvgIpc) is 3.32. The molecule has 1 aromatic rings. The topological polar surface area (TPSA) is 239 Å². The van der Waals surface area contributed by atoms with E-state index in [0.29, 0.717) is 5.82 Å². The molecule has 3 rings (SSSR count). The van der Waals surface area contributed by atoms with Crippen LogP contribution in [0, 0.1) is 17.0 Å². The van der Waals surface area contributed by atoms with Gasteiger partial charge in [-0.25, -0.2) is 9.55 Å². The van der Waals surface area contributed by atoms with E-state index in [-0.39, 0.29) is 19.0 Å². The van der Waals surface area contributed by atoms with Crippen molar-refractivity contribution in [2.24, 2.45) is 0 Å². The number of hydrogen-bond acceptors (Lipinski definition) is 14. The van der Waals surface area contributed by atoms with Gasteiger partial charge in [-0.3, -0.25) is 0 Å². The number of aliphatic hydroxyl groups is 7. The van der Waals surface area contributed by atoms with Gasteiger partial charge in [-0.05, 0) is 4.92 Å².